The predicted molar refractivity (Wildman–Crippen MR) is 116 cm³/mol. The monoisotopic (exact) mass is 381 g/mol. The molecule has 0 unspecified atom stereocenters. The van der Waals surface area contributed by atoms with Crippen molar-refractivity contribution in [3.8, 4) is 5.75 Å². The number of ether oxygens (including phenoxy) is 2. The average molecular weight is 382 g/mol. The summed E-state index contributed by atoms with van der Waals surface area (Å²) in [6.45, 7) is 7.39. The largest absolute Gasteiger partial charge is 0.490 e. The molecule has 0 spiro atoms. The van der Waals surface area contributed by atoms with Gasteiger partial charge in [-0.3, -0.25) is 4.90 Å². The molecule has 1 saturated carbocycles. The summed E-state index contributed by atoms with van der Waals surface area (Å²) < 4.78 is 11.9. The molecule has 2 fully saturated rings. The molecule has 28 heavy (non-hydrogen) atoms. The Balaban J connectivity index is 1.34. The zero-order valence-corrected chi connectivity index (χ0v) is 17.4. The van der Waals surface area contributed by atoms with Gasteiger partial charge in [0.25, 0.3) is 0 Å². The van der Waals surface area contributed by atoms with Gasteiger partial charge in [-0.05, 0) is 99.0 Å². The van der Waals surface area contributed by atoms with Crippen molar-refractivity contribution >= 4 is 10.8 Å². The normalized spacial score (nSPS) is 23.8. The Morgan fingerprint density at radius 2 is 1.64 bits per heavy atom. The lowest BCUT2D eigenvalue weighted by Gasteiger charge is -2.29. The van der Waals surface area contributed by atoms with E-state index in [1.165, 1.54) is 61.5 Å². The second-order valence-electron chi connectivity index (χ2n) is 8.60. The van der Waals surface area contributed by atoms with Gasteiger partial charge in [0.1, 0.15) is 5.75 Å². The first-order valence-electron chi connectivity index (χ1n) is 11.3. The molecule has 3 nitrogen and oxygen atoms in total. The minimum atomic E-state index is 0.355. The minimum absolute atomic E-state index is 0.355. The van der Waals surface area contributed by atoms with Crippen LogP contribution in [-0.2, 0) is 11.3 Å². The molecule has 0 amide bonds. The fraction of sp³-hybridized carbons (Fsp3) is 0.600. The van der Waals surface area contributed by atoms with Gasteiger partial charge in [-0.1, -0.05) is 24.6 Å². The average Bonchev–Trinajstić information content (AvgIpc) is 2.74. The van der Waals surface area contributed by atoms with Crippen LogP contribution < -0.4 is 4.74 Å². The van der Waals surface area contributed by atoms with Crippen molar-refractivity contribution in [3.63, 3.8) is 0 Å². The number of likely N-dealkylation sites (tertiary alicyclic amines) is 1. The van der Waals surface area contributed by atoms with Crippen LogP contribution in [0.5, 0.6) is 5.75 Å². The van der Waals surface area contributed by atoms with Gasteiger partial charge in [0.15, 0.2) is 0 Å². The van der Waals surface area contributed by atoms with Gasteiger partial charge in [0.2, 0.25) is 0 Å². The lowest BCUT2D eigenvalue weighted by Crippen LogP contribution is -2.29. The molecule has 2 aromatic rings. The van der Waals surface area contributed by atoms with Crippen LogP contribution >= 0.6 is 0 Å². The molecule has 1 aliphatic carbocycles. The van der Waals surface area contributed by atoms with Crippen molar-refractivity contribution in [1.82, 2.24) is 4.90 Å². The quantitative estimate of drug-likeness (QED) is 0.605. The number of hydrogen-bond acceptors (Lipinski definition) is 3. The summed E-state index contributed by atoms with van der Waals surface area (Å²) in [6, 6.07) is 13.5. The van der Waals surface area contributed by atoms with E-state index in [1.807, 2.05) is 0 Å². The van der Waals surface area contributed by atoms with E-state index in [9.17, 15) is 0 Å². The third-order valence-corrected chi connectivity index (χ3v) is 6.39. The highest BCUT2D eigenvalue weighted by Crippen LogP contribution is 2.30. The van der Waals surface area contributed by atoms with Crippen molar-refractivity contribution in [2.75, 3.05) is 26.3 Å². The van der Waals surface area contributed by atoms with Crippen LogP contribution in [0.3, 0.4) is 0 Å². The lowest BCUT2D eigenvalue weighted by atomic mass is 9.88. The molecule has 3 heteroatoms. The van der Waals surface area contributed by atoms with Crippen molar-refractivity contribution in [2.45, 2.75) is 64.5 Å². The molecule has 2 aliphatic rings. The SMILES string of the molecule is CCOCC1CCC(Oc2ccc3cc(CN4CCCCC4)ccc3c2)CC1. The van der Waals surface area contributed by atoms with Crippen LogP contribution in [-0.4, -0.2) is 37.3 Å². The van der Waals surface area contributed by atoms with E-state index in [2.05, 4.69) is 48.2 Å². The maximum atomic E-state index is 6.32. The fourth-order valence-electron chi connectivity index (χ4n) is 4.71. The first-order chi connectivity index (χ1) is 13.8. The van der Waals surface area contributed by atoms with Gasteiger partial charge >= 0.3 is 0 Å². The molecule has 1 saturated heterocycles. The van der Waals surface area contributed by atoms with E-state index in [1.54, 1.807) is 0 Å². The van der Waals surface area contributed by atoms with Crippen molar-refractivity contribution < 1.29 is 9.47 Å². The van der Waals surface area contributed by atoms with Crippen molar-refractivity contribution in [1.29, 1.82) is 0 Å². The smallest absolute Gasteiger partial charge is 0.120 e. The van der Waals surface area contributed by atoms with Crippen molar-refractivity contribution in [2.24, 2.45) is 5.92 Å². The van der Waals surface area contributed by atoms with Gasteiger partial charge in [0, 0.05) is 19.8 Å². The summed E-state index contributed by atoms with van der Waals surface area (Å²) in [5.41, 5.74) is 1.43. The number of benzene rings is 2. The third kappa shape index (κ3) is 5.27. The Labute approximate surface area is 170 Å². The summed E-state index contributed by atoms with van der Waals surface area (Å²) in [6.07, 6.45) is 9.17. The van der Waals surface area contributed by atoms with E-state index >= 15 is 0 Å². The number of hydrogen-bond donors (Lipinski definition) is 0. The molecular formula is C25H35NO2. The minimum Gasteiger partial charge on any atom is -0.490 e. The fourth-order valence-corrected chi connectivity index (χ4v) is 4.71. The van der Waals surface area contributed by atoms with Crippen LogP contribution in [0.25, 0.3) is 10.8 Å². The summed E-state index contributed by atoms with van der Waals surface area (Å²) in [7, 11) is 0. The summed E-state index contributed by atoms with van der Waals surface area (Å²) in [5, 5.41) is 2.60. The Morgan fingerprint density at radius 3 is 2.43 bits per heavy atom. The van der Waals surface area contributed by atoms with Crippen molar-refractivity contribution in [3.05, 3.63) is 42.0 Å². The number of nitrogens with zero attached hydrogens (tertiary/aromatic N) is 1. The highest BCUT2D eigenvalue weighted by molar-refractivity contribution is 5.84. The molecule has 2 aromatic carbocycles. The zero-order chi connectivity index (χ0) is 19.2. The molecule has 152 valence electrons. The van der Waals surface area contributed by atoms with E-state index in [0.717, 1.165) is 44.3 Å². The molecule has 1 heterocycles. The van der Waals surface area contributed by atoms with Crippen LogP contribution in [0, 0.1) is 5.92 Å². The number of fused-ring (bicyclic) bond motifs is 1. The standard InChI is InChI=1S/C25H35NO2/c1-2-27-19-20-7-11-24(12-8-20)28-25-13-10-22-16-21(6-9-23(22)17-25)18-26-14-4-3-5-15-26/h6,9-10,13,16-17,20,24H,2-5,7-8,11-12,14-15,18-19H2,1H3. The molecule has 0 atom stereocenters. The van der Waals surface area contributed by atoms with Crippen LogP contribution in [0.2, 0.25) is 0 Å². The second kappa shape index (κ2) is 9.76. The van der Waals surface area contributed by atoms with Gasteiger partial charge in [-0.25, -0.2) is 0 Å². The van der Waals surface area contributed by atoms with Gasteiger partial charge in [-0.2, -0.15) is 0 Å². The molecule has 0 bridgehead atoms. The molecule has 0 N–H and O–H groups in total. The van der Waals surface area contributed by atoms with E-state index < -0.39 is 0 Å². The van der Waals surface area contributed by atoms with E-state index in [4.69, 9.17) is 9.47 Å². The Bertz CT molecular complexity index is 745. The molecule has 4 rings (SSSR count). The van der Waals surface area contributed by atoms with Gasteiger partial charge in [0.05, 0.1) is 6.10 Å². The van der Waals surface area contributed by atoms with E-state index in [-0.39, 0.29) is 0 Å². The zero-order valence-electron chi connectivity index (χ0n) is 17.4. The van der Waals surface area contributed by atoms with Crippen LogP contribution in [0.15, 0.2) is 36.4 Å². The first-order valence-corrected chi connectivity index (χ1v) is 11.3. The van der Waals surface area contributed by atoms with Gasteiger partial charge in [-0.15, -0.1) is 0 Å². The number of piperidine rings is 1. The molecular weight excluding hydrogens is 346 g/mol. The highest BCUT2D eigenvalue weighted by Gasteiger charge is 2.22. The first kappa shape index (κ1) is 19.7. The Hall–Kier alpha value is -1.58. The van der Waals surface area contributed by atoms with Crippen LogP contribution in [0.4, 0.5) is 0 Å². The maximum Gasteiger partial charge on any atom is 0.120 e. The third-order valence-electron chi connectivity index (χ3n) is 6.39. The molecule has 0 aromatic heterocycles. The lowest BCUT2D eigenvalue weighted by molar-refractivity contribution is 0.0651. The number of rotatable bonds is 7. The Kier molecular flexibility index (Phi) is 6.87. The summed E-state index contributed by atoms with van der Waals surface area (Å²) >= 11 is 0. The predicted octanol–water partition coefficient (Wildman–Crippen LogP) is 5.80. The summed E-state index contributed by atoms with van der Waals surface area (Å²) in [4.78, 5) is 2.59. The highest BCUT2D eigenvalue weighted by atomic mass is 16.5. The maximum absolute atomic E-state index is 6.32. The van der Waals surface area contributed by atoms with Crippen LogP contribution in [0.1, 0.15) is 57.4 Å². The summed E-state index contributed by atoms with van der Waals surface area (Å²) in [5.74, 6) is 1.74. The van der Waals surface area contributed by atoms with Gasteiger partial charge < -0.3 is 9.47 Å². The second-order valence-corrected chi connectivity index (χ2v) is 8.60. The molecule has 1 aliphatic heterocycles. The molecule has 0 radical (unpaired) electrons. The Morgan fingerprint density at radius 1 is 0.893 bits per heavy atom. The topological polar surface area (TPSA) is 21.7 Å². The van der Waals surface area contributed by atoms with E-state index in [0.29, 0.717) is 6.10 Å².